The van der Waals surface area contributed by atoms with Crippen LogP contribution < -0.4 is 16.0 Å². The van der Waals surface area contributed by atoms with Gasteiger partial charge in [-0.15, -0.1) is 0 Å². The Hall–Kier alpha value is -1.86. The van der Waals surface area contributed by atoms with Gasteiger partial charge >= 0.3 is 6.03 Å². The first-order valence-corrected chi connectivity index (χ1v) is 17.6. The van der Waals surface area contributed by atoms with E-state index in [4.69, 9.17) is 9.47 Å². The van der Waals surface area contributed by atoms with Gasteiger partial charge in [0.25, 0.3) is 0 Å². The molecule has 45 heavy (non-hydrogen) atoms. The zero-order valence-corrected chi connectivity index (χ0v) is 26.8. The molecule has 3 N–H and O–H groups in total. The zero-order valence-electron chi connectivity index (χ0n) is 26.8. The van der Waals surface area contributed by atoms with E-state index in [0.29, 0.717) is 39.1 Å². The fraction of sp³-hybridized carbons (Fsp3) is 0.879. The predicted molar refractivity (Wildman–Crippen MR) is 165 cm³/mol. The highest BCUT2D eigenvalue weighted by Gasteiger charge is 2.60. The molecule has 0 aromatic carbocycles. The molecule has 252 valence electrons. The van der Waals surface area contributed by atoms with Gasteiger partial charge in [0.15, 0.2) is 0 Å². The van der Waals surface area contributed by atoms with Gasteiger partial charge in [-0.3, -0.25) is 15.0 Å². The minimum atomic E-state index is -1.29. The Morgan fingerprint density at radius 2 is 1.76 bits per heavy atom. The number of amides is 3. The van der Waals surface area contributed by atoms with Crippen LogP contribution >= 0.6 is 0 Å². The maximum Gasteiger partial charge on any atom is 0.320 e. The molecule has 5 heterocycles. The predicted octanol–water partition coefficient (Wildman–Crippen LogP) is 2.54. The molecule has 5 saturated heterocycles. The molecule has 5 aliphatic heterocycles. The van der Waals surface area contributed by atoms with Crippen LogP contribution in [0.5, 0.6) is 0 Å². The average Bonchev–Trinajstić information content (AvgIpc) is 3.83. The normalized spacial score (nSPS) is 45.8. The number of nitrogens with zero attached hydrogens (tertiary/aromatic N) is 3. The molecule has 0 aromatic heterocycles. The SMILES string of the molecule is C=CC(=O)N1CCN(C2NC(=O)N3C4NC(C(F)CC42)C2C(F)CCCC2OCCCCOC2CCNC(C(C)C)C23)[C@@H]2C[C@@H]21. The average molecular weight is 635 g/mol. The number of halogens is 2. The van der Waals surface area contributed by atoms with Gasteiger partial charge in [0.2, 0.25) is 5.91 Å². The van der Waals surface area contributed by atoms with Crippen LogP contribution in [0.4, 0.5) is 13.6 Å². The number of nitrogens with one attached hydrogen (secondary N) is 3. The second kappa shape index (κ2) is 13.0. The lowest BCUT2D eigenvalue weighted by Gasteiger charge is -2.59. The Balaban J connectivity index is 1.25. The number of hydrogen-bond donors (Lipinski definition) is 3. The first-order chi connectivity index (χ1) is 21.8. The third-order valence-corrected chi connectivity index (χ3v) is 11.9. The Bertz CT molecular complexity index is 1120. The largest absolute Gasteiger partial charge is 0.378 e. The summed E-state index contributed by atoms with van der Waals surface area (Å²) in [6.45, 7) is 11.0. The molecule has 10 nitrogen and oxygen atoms in total. The molecule has 11 unspecified atom stereocenters. The van der Waals surface area contributed by atoms with Crippen LogP contribution in [-0.2, 0) is 14.3 Å². The van der Waals surface area contributed by atoms with Crippen LogP contribution in [0, 0.1) is 17.8 Å². The molecule has 2 saturated carbocycles. The molecule has 7 aliphatic rings. The molecule has 0 aromatic rings. The lowest BCUT2D eigenvalue weighted by atomic mass is 9.73. The lowest BCUT2D eigenvalue weighted by molar-refractivity contribution is -0.134. The van der Waals surface area contributed by atoms with Gasteiger partial charge in [-0.05, 0) is 69.9 Å². The van der Waals surface area contributed by atoms with Crippen LogP contribution in [-0.4, -0.2) is 127 Å². The number of carbonyl (C=O) groups excluding carboxylic acids is 2. The molecular formula is C33H52F2N6O4. The van der Waals surface area contributed by atoms with E-state index in [1.807, 2.05) is 9.80 Å². The van der Waals surface area contributed by atoms with Gasteiger partial charge in [0, 0.05) is 62.3 Å². The van der Waals surface area contributed by atoms with E-state index in [1.165, 1.54) is 6.08 Å². The monoisotopic (exact) mass is 634 g/mol. The van der Waals surface area contributed by atoms with Crippen LogP contribution in [0.3, 0.4) is 0 Å². The number of piperazine rings is 1. The van der Waals surface area contributed by atoms with Crippen molar-refractivity contribution in [3.8, 4) is 0 Å². The van der Waals surface area contributed by atoms with Crippen molar-refractivity contribution >= 4 is 11.9 Å². The molecule has 3 amide bonds. The highest BCUT2D eigenvalue weighted by atomic mass is 19.1. The molecule has 12 heteroatoms. The Morgan fingerprint density at radius 1 is 0.978 bits per heavy atom. The zero-order chi connectivity index (χ0) is 31.4. The third-order valence-electron chi connectivity index (χ3n) is 11.9. The summed E-state index contributed by atoms with van der Waals surface area (Å²) in [7, 11) is 0. The molecule has 0 spiro atoms. The number of hydrogen-bond acceptors (Lipinski definition) is 7. The van der Waals surface area contributed by atoms with Crippen molar-refractivity contribution < 1.29 is 27.8 Å². The maximum absolute atomic E-state index is 16.6. The quantitative estimate of drug-likeness (QED) is 0.411. The van der Waals surface area contributed by atoms with Gasteiger partial charge in [0.1, 0.15) is 12.3 Å². The van der Waals surface area contributed by atoms with Gasteiger partial charge in [-0.1, -0.05) is 20.4 Å². The maximum atomic E-state index is 16.6. The minimum Gasteiger partial charge on any atom is -0.378 e. The highest BCUT2D eigenvalue weighted by molar-refractivity contribution is 5.87. The molecule has 7 rings (SSSR count). The summed E-state index contributed by atoms with van der Waals surface area (Å²) in [4.78, 5) is 33.0. The first kappa shape index (κ1) is 31.7. The van der Waals surface area contributed by atoms with Crippen molar-refractivity contribution in [2.45, 2.75) is 132 Å². The second-order valence-corrected chi connectivity index (χ2v) is 14.8. The summed E-state index contributed by atoms with van der Waals surface area (Å²) >= 11 is 0. The lowest BCUT2D eigenvalue weighted by Crippen LogP contribution is -2.80. The van der Waals surface area contributed by atoms with E-state index in [0.717, 1.165) is 38.6 Å². The van der Waals surface area contributed by atoms with Gasteiger partial charge in [-0.2, -0.15) is 0 Å². The van der Waals surface area contributed by atoms with Gasteiger partial charge < -0.3 is 29.9 Å². The summed E-state index contributed by atoms with van der Waals surface area (Å²) in [5.74, 6) is -0.729. The Morgan fingerprint density at radius 3 is 2.51 bits per heavy atom. The molecule has 2 aliphatic carbocycles. The second-order valence-electron chi connectivity index (χ2n) is 14.8. The van der Waals surface area contributed by atoms with Crippen LogP contribution in [0.1, 0.15) is 65.2 Å². The molecule has 7 fully saturated rings. The van der Waals surface area contributed by atoms with Gasteiger partial charge in [0.05, 0.1) is 30.6 Å². The number of ether oxygens (including phenoxy) is 2. The minimum absolute atomic E-state index is 0.0103. The van der Waals surface area contributed by atoms with E-state index < -0.39 is 36.6 Å². The number of alkyl halides is 2. The van der Waals surface area contributed by atoms with Crippen molar-refractivity contribution in [1.29, 1.82) is 0 Å². The van der Waals surface area contributed by atoms with Crippen LogP contribution in [0.15, 0.2) is 12.7 Å². The summed E-state index contributed by atoms with van der Waals surface area (Å²) in [5, 5.41) is 10.6. The van der Waals surface area contributed by atoms with Gasteiger partial charge in [-0.25, -0.2) is 13.6 Å². The summed E-state index contributed by atoms with van der Waals surface area (Å²) in [6, 6.07) is -1.05. The molecular weight excluding hydrogens is 582 g/mol. The fourth-order valence-corrected chi connectivity index (χ4v) is 9.67. The van der Waals surface area contributed by atoms with Crippen molar-refractivity contribution in [1.82, 2.24) is 30.7 Å². The van der Waals surface area contributed by atoms with Crippen LogP contribution in [0.25, 0.3) is 0 Å². The van der Waals surface area contributed by atoms with Crippen molar-refractivity contribution in [2.75, 3.05) is 32.8 Å². The number of carbonyl (C=O) groups is 2. The van der Waals surface area contributed by atoms with E-state index in [1.54, 1.807) is 0 Å². The number of rotatable bonds is 3. The molecule has 13 atom stereocenters. The first-order valence-electron chi connectivity index (χ1n) is 17.6. The highest BCUT2D eigenvalue weighted by Crippen LogP contribution is 2.45. The van der Waals surface area contributed by atoms with E-state index >= 15 is 8.78 Å². The van der Waals surface area contributed by atoms with E-state index in [2.05, 4.69) is 41.3 Å². The van der Waals surface area contributed by atoms with E-state index in [9.17, 15) is 9.59 Å². The van der Waals surface area contributed by atoms with Crippen molar-refractivity contribution in [3.05, 3.63) is 12.7 Å². The molecule has 2 bridgehead atoms. The smallest absolute Gasteiger partial charge is 0.320 e. The van der Waals surface area contributed by atoms with Crippen molar-refractivity contribution in [3.63, 3.8) is 0 Å². The van der Waals surface area contributed by atoms with Crippen LogP contribution in [0.2, 0.25) is 0 Å². The topological polar surface area (TPSA) is 98.4 Å². The number of urea groups is 1. The molecule has 0 radical (unpaired) electrons. The number of fused-ring (bicyclic) bond motifs is 6. The number of piperidine rings is 2. The summed E-state index contributed by atoms with van der Waals surface area (Å²) in [5.41, 5.74) is 0. The summed E-state index contributed by atoms with van der Waals surface area (Å²) < 4.78 is 45.3. The van der Waals surface area contributed by atoms with E-state index in [-0.39, 0.29) is 66.6 Å². The Labute approximate surface area is 265 Å². The fourth-order valence-electron chi connectivity index (χ4n) is 9.67. The summed E-state index contributed by atoms with van der Waals surface area (Å²) in [6.07, 6.45) is 2.75. The van der Waals surface area contributed by atoms with Crippen molar-refractivity contribution in [2.24, 2.45) is 17.8 Å². The standard InChI is InChI=1S/C33H52F2N6O4/c1-4-26(42)39-12-13-40(23-17-22(23)39)31-19-16-21(35)29-27-20(34)8-7-9-24(27)44-14-5-6-15-45-25-10-11-36-28(18(2)3)30(25)41(32(19)37-29)33(43)38-31/h4,18-25,27-32,36-37H,1,5-17H2,2-3H3,(H,38,43)/t19?,20?,21?,22-,23+,24?,25?,27?,28?,29?,30?,31?,32?/m0/s1. The Kier molecular flexibility index (Phi) is 9.15. The third kappa shape index (κ3) is 5.81.